The van der Waals surface area contributed by atoms with Gasteiger partial charge in [0.15, 0.2) is 0 Å². The van der Waals surface area contributed by atoms with Crippen LogP contribution in [0.4, 0.5) is 0 Å². The Balaban J connectivity index is 1.93. The minimum absolute atomic E-state index is 0.806. The van der Waals surface area contributed by atoms with Crippen LogP contribution in [0.1, 0.15) is 25.7 Å². The van der Waals surface area contributed by atoms with E-state index in [4.69, 9.17) is 11.6 Å². The van der Waals surface area contributed by atoms with Crippen molar-refractivity contribution >= 4 is 11.6 Å². The van der Waals surface area contributed by atoms with Gasteiger partial charge >= 0.3 is 0 Å². The van der Waals surface area contributed by atoms with Gasteiger partial charge in [-0.2, -0.15) is 0 Å². The predicted molar refractivity (Wildman–Crippen MR) is 63.1 cm³/mol. The fraction of sp³-hybridized carbons (Fsp3) is 1.00. The molecule has 0 amide bonds. The summed E-state index contributed by atoms with van der Waals surface area (Å²) >= 11 is 5.64. The first kappa shape index (κ1) is 12.3. The molecule has 0 spiro atoms. The third kappa shape index (κ3) is 5.18. The Morgan fingerprint density at radius 1 is 1.14 bits per heavy atom. The number of unbranched alkanes of at least 4 members (excludes halogenated alkanes) is 1. The molecule has 0 saturated carbocycles. The molecule has 0 aromatic rings. The van der Waals surface area contributed by atoms with E-state index in [0.29, 0.717) is 0 Å². The zero-order valence-corrected chi connectivity index (χ0v) is 10.1. The molecule has 0 radical (unpaired) electrons. The van der Waals surface area contributed by atoms with Crippen molar-refractivity contribution in [3.8, 4) is 0 Å². The molecule has 14 heavy (non-hydrogen) atoms. The highest BCUT2D eigenvalue weighted by Crippen LogP contribution is 2.06. The van der Waals surface area contributed by atoms with Gasteiger partial charge in [-0.3, -0.25) is 0 Å². The summed E-state index contributed by atoms with van der Waals surface area (Å²) in [6.07, 6.45) is 5.18. The lowest BCUT2D eigenvalue weighted by Gasteiger charge is -2.20. The summed E-state index contributed by atoms with van der Waals surface area (Å²) in [4.78, 5) is 4.99. The number of hydrogen-bond acceptors (Lipinski definition) is 2. The van der Waals surface area contributed by atoms with E-state index in [0.717, 1.165) is 12.3 Å². The summed E-state index contributed by atoms with van der Waals surface area (Å²) in [5.41, 5.74) is 0. The molecule has 0 aromatic carbocycles. The lowest BCUT2D eigenvalue weighted by Crippen LogP contribution is -2.31. The third-order valence-corrected chi connectivity index (χ3v) is 3.19. The van der Waals surface area contributed by atoms with Crippen molar-refractivity contribution in [2.24, 2.45) is 0 Å². The molecule has 84 valence electrons. The van der Waals surface area contributed by atoms with Crippen molar-refractivity contribution in [2.45, 2.75) is 25.7 Å². The fourth-order valence-electron chi connectivity index (χ4n) is 1.91. The standard InChI is InChI=1S/C11H23ClN2/c1-13(7-3-2-6-12)10-11-14-8-4-5-9-14/h2-11H2,1H3. The van der Waals surface area contributed by atoms with Gasteiger partial charge in [-0.25, -0.2) is 0 Å². The Bertz CT molecular complexity index is 135. The Kier molecular flexibility index (Phi) is 6.57. The molecule has 0 atom stereocenters. The number of likely N-dealkylation sites (N-methyl/N-ethyl adjacent to an activating group) is 1. The predicted octanol–water partition coefficient (Wildman–Crippen LogP) is 2.03. The van der Waals surface area contributed by atoms with Crippen LogP contribution in [0.5, 0.6) is 0 Å². The summed E-state index contributed by atoms with van der Waals surface area (Å²) in [6.45, 7) is 6.28. The van der Waals surface area contributed by atoms with Crippen molar-refractivity contribution in [2.75, 3.05) is 45.7 Å². The first-order valence-corrected chi connectivity index (χ1v) is 6.33. The average molecular weight is 219 g/mol. The van der Waals surface area contributed by atoms with Crippen molar-refractivity contribution in [1.29, 1.82) is 0 Å². The lowest BCUT2D eigenvalue weighted by molar-refractivity contribution is 0.255. The molecule has 0 aromatic heterocycles. The van der Waals surface area contributed by atoms with E-state index in [1.54, 1.807) is 0 Å². The topological polar surface area (TPSA) is 6.48 Å². The number of rotatable bonds is 7. The quantitative estimate of drug-likeness (QED) is 0.477. The average Bonchev–Trinajstić information content (AvgIpc) is 2.68. The van der Waals surface area contributed by atoms with E-state index in [2.05, 4.69) is 16.8 Å². The Morgan fingerprint density at radius 3 is 2.50 bits per heavy atom. The van der Waals surface area contributed by atoms with Gasteiger partial charge in [-0.05, 0) is 52.4 Å². The molecular formula is C11H23ClN2. The van der Waals surface area contributed by atoms with Crippen LogP contribution < -0.4 is 0 Å². The van der Waals surface area contributed by atoms with Crippen LogP contribution in [0.3, 0.4) is 0 Å². The van der Waals surface area contributed by atoms with Crippen LogP contribution in [0.15, 0.2) is 0 Å². The van der Waals surface area contributed by atoms with E-state index in [1.165, 1.54) is 52.0 Å². The molecule has 1 saturated heterocycles. The van der Waals surface area contributed by atoms with E-state index in [1.807, 2.05) is 0 Å². The normalized spacial score (nSPS) is 18.2. The lowest BCUT2D eigenvalue weighted by atomic mass is 10.3. The number of halogens is 1. The number of hydrogen-bond donors (Lipinski definition) is 0. The second-order valence-electron chi connectivity index (χ2n) is 4.25. The summed E-state index contributed by atoms with van der Waals surface area (Å²) in [5, 5.41) is 0. The Morgan fingerprint density at radius 2 is 1.86 bits per heavy atom. The second-order valence-corrected chi connectivity index (χ2v) is 4.63. The second kappa shape index (κ2) is 7.49. The van der Waals surface area contributed by atoms with Crippen molar-refractivity contribution < 1.29 is 0 Å². The molecule has 0 bridgehead atoms. The highest BCUT2D eigenvalue weighted by Gasteiger charge is 2.11. The maximum absolute atomic E-state index is 5.64. The van der Waals surface area contributed by atoms with Gasteiger partial charge in [0.2, 0.25) is 0 Å². The molecule has 0 unspecified atom stereocenters. The molecule has 1 heterocycles. The van der Waals surface area contributed by atoms with Gasteiger partial charge in [0.05, 0.1) is 0 Å². The van der Waals surface area contributed by atoms with Gasteiger partial charge < -0.3 is 9.80 Å². The summed E-state index contributed by atoms with van der Waals surface area (Å²) in [6, 6.07) is 0. The summed E-state index contributed by atoms with van der Waals surface area (Å²) < 4.78 is 0. The van der Waals surface area contributed by atoms with Gasteiger partial charge in [0, 0.05) is 19.0 Å². The number of alkyl halides is 1. The molecule has 1 rings (SSSR count). The van der Waals surface area contributed by atoms with Crippen LogP contribution in [0.25, 0.3) is 0 Å². The van der Waals surface area contributed by atoms with Crippen LogP contribution in [-0.4, -0.2) is 55.5 Å². The minimum Gasteiger partial charge on any atom is -0.305 e. The van der Waals surface area contributed by atoms with E-state index >= 15 is 0 Å². The molecule has 3 heteroatoms. The largest absolute Gasteiger partial charge is 0.305 e. The Labute approximate surface area is 93.2 Å². The van der Waals surface area contributed by atoms with Crippen molar-refractivity contribution in [1.82, 2.24) is 9.80 Å². The van der Waals surface area contributed by atoms with Gasteiger partial charge in [-0.1, -0.05) is 0 Å². The first-order valence-electron chi connectivity index (χ1n) is 5.80. The highest BCUT2D eigenvalue weighted by molar-refractivity contribution is 6.17. The molecule has 1 aliphatic heterocycles. The maximum atomic E-state index is 5.64. The van der Waals surface area contributed by atoms with Crippen LogP contribution in [0.2, 0.25) is 0 Å². The van der Waals surface area contributed by atoms with Crippen molar-refractivity contribution in [3.63, 3.8) is 0 Å². The highest BCUT2D eigenvalue weighted by atomic mass is 35.5. The first-order chi connectivity index (χ1) is 6.83. The summed E-state index contributed by atoms with van der Waals surface area (Å²) in [5.74, 6) is 0.806. The SMILES string of the molecule is CN(CCCCCl)CCN1CCCC1. The van der Waals surface area contributed by atoms with Gasteiger partial charge in [0.25, 0.3) is 0 Å². The van der Waals surface area contributed by atoms with Crippen molar-refractivity contribution in [3.05, 3.63) is 0 Å². The Hall–Kier alpha value is 0.210. The molecule has 2 nitrogen and oxygen atoms in total. The zero-order valence-electron chi connectivity index (χ0n) is 9.34. The van der Waals surface area contributed by atoms with Crippen LogP contribution in [-0.2, 0) is 0 Å². The van der Waals surface area contributed by atoms with Gasteiger partial charge in [-0.15, -0.1) is 11.6 Å². The molecule has 1 aliphatic rings. The zero-order chi connectivity index (χ0) is 10.2. The molecular weight excluding hydrogens is 196 g/mol. The smallest absolute Gasteiger partial charge is 0.0223 e. The maximum Gasteiger partial charge on any atom is 0.0223 e. The third-order valence-electron chi connectivity index (χ3n) is 2.92. The van der Waals surface area contributed by atoms with Crippen LogP contribution in [0, 0.1) is 0 Å². The molecule has 0 aliphatic carbocycles. The summed E-state index contributed by atoms with van der Waals surface area (Å²) in [7, 11) is 2.21. The molecule has 1 fully saturated rings. The monoisotopic (exact) mass is 218 g/mol. The van der Waals surface area contributed by atoms with E-state index in [9.17, 15) is 0 Å². The minimum atomic E-state index is 0.806. The van der Waals surface area contributed by atoms with Gasteiger partial charge in [0.1, 0.15) is 0 Å². The number of nitrogens with zero attached hydrogens (tertiary/aromatic N) is 2. The molecule has 0 N–H and O–H groups in total. The van der Waals surface area contributed by atoms with E-state index < -0.39 is 0 Å². The van der Waals surface area contributed by atoms with E-state index in [-0.39, 0.29) is 0 Å². The fourth-order valence-corrected chi connectivity index (χ4v) is 2.10. The number of likely N-dealkylation sites (tertiary alicyclic amines) is 1. The van der Waals surface area contributed by atoms with Crippen LogP contribution >= 0.6 is 11.6 Å².